The maximum absolute atomic E-state index is 12.7. The zero-order valence-electron chi connectivity index (χ0n) is 13.0. The number of hydrogen-bond donors (Lipinski definition) is 1. The molecule has 0 bridgehead atoms. The van der Waals surface area contributed by atoms with Crippen molar-refractivity contribution in [2.24, 2.45) is 5.92 Å². The lowest BCUT2D eigenvalue weighted by Crippen LogP contribution is -2.43. The Morgan fingerprint density at radius 2 is 1.91 bits per heavy atom. The van der Waals surface area contributed by atoms with E-state index in [0.717, 1.165) is 0 Å². The van der Waals surface area contributed by atoms with Crippen LogP contribution in [0.4, 0.5) is 4.39 Å². The third kappa shape index (κ3) is 5.47. The molecule has 23 heavy (non-hydrogen) atoms. The highest BCUT2D eigenvalue weighted by atomic mass is 32.2. The summed E-state index contributed by atoms with van der Waals surface area (Å²) < 4.78 is 42.4. The largest absolute Gasteiger partial charge is 0.492 e. The van der Waals surface area contributed by atoms with Crippen LogP contribution in [-0.2, 0) is 14.8 Å². The third-order valence-corrected chi connectivity index (χ3v) is 5.08. The Balaban J connectivity index is 1.67. The van der Waals surface area contributed by atoms with Gasteiger partial charge in [0.05, 0.1) is 12.8 Å². The van der Waals surface area contributed by atoms with E-state index < -0.39 is 10.0 Å². The standard InChI is InChI=1S/C15H21FN2O4S/c1-23(20,21)18-9-6-12(7-10-18)15(19)17-8-11-22-14-4-2-13(16)3-5-14/h2-5,12H,6-11H2,1H3,(H,17,19). The number of amides is 1. The fourth-order valence-corrected chi connectivity index (χ4v) is 3.34. The molecule has 1 heterocycles. The van der Waals surface area contributed by atoms with E-state index in [9.17, 15) is 17.6 Å². The summed E-state index contributed by atoms with van der Waals surface area (Å²) in [6.45, 7) is 1.40. The second-order valence-corrected chi connectivity index (χ2v) is 7.51. The van der Waals surface area contributed by atoms with Crippen LogP contribution in [0.3, 0.4) is 0 Å². The fourth-order valence-electron chi connectivity index (χ4n) is 2.47. The summed E-state index contributed by atoms with van der Waals surface area (Å²) in [5.74, 6) is -0.0344. The Hall–Kier alpha value is -1.67. The maximum atomic E-state index is 12.7. The minimum Gasteiger partial charge on any atom is -0.492 e. The van der Waals surface area contributed by atoms with E-state index in [1.807, 2.05) is 0 Å². The second-order valence-electron chi connectivity index (χ2n) is 5.53. The van der Waals surface area contributed by atoms with Crippen LogP contribution in [0.1, 0.15) is 12.8 Å². The molecule has 1 fully saturated rings. The Labute approximate surface area is 135 Å². The van der Waals surface area contributed by atoms with Crippen LogP contribution in [0.5, 0.6) is 5.75 Å². The molecule has 0 radical (unpaired) electrons. The fraction of sp³-hybridized carbons (Fsp3) is 0.533. The molecule has 0 aromatic heterocycles. The van der Waals surface area contributed by atoms with Crippen molar-refractivity contribution in [3.05, 3.63) is 30.1 Å². The molecule has 1 aromatic rings. The summed E-state index contributed by atoms with van der Waals surface area (Å²) in [5.41, 5.74) is 0. The number of halogens is 1. The molecule has 6 nitrogen and oxygen atoms in total. The van der Waals surface area contributed by atoms with Crippen molar-refractivity contribution < 1.29 is 22.3 Å². The number of nitrogens with one attached hydrogen (secondary N) is 1. The van der Waals surface area contributed by atoms with Gasteiger partial charge in [0.25, 0.3) is 0 Å². The van der Waals surface area contributed by atoms with E-state index in [1.165, 1.54) is 34.8 Å². The molecule has 128 valence electrons. The molecule has 1 amide bonds. The van der Waals surface area contributed by atoms with Crippen LogP contribution in [-0.4, -0.2) is 51.1 Å². The van der Waals surface area contributed by atoms with Gasteiger partial charge in [-0.2, -0.15) is 0 Å². The first-order valence-corrected chi connectivity index (χ1v) is 9.32. The molecule has 0 aliphatic carbocycles. The van der Waals surface area contributed by atoms with Crippen LogP contribution in [0.25, 0.3) is 0 Å². The van der Waals surface area contributed by atoms with Gasteiger partial charge in [0.2, 0.25) is 15.9 Å². The van der Waals surface area contributed by atoms with Gasteiger partial charge in [0.15, 0.2) is 0 Å². The molecule has 1 aliphatic heterocycles. The molecular formula is C15H21FN2O4S. The summed E-state index contributed by atoms with van der Waals surface area (Å²) in [7, 11) is -3.17. The van der Waals surface area contributed by atoms with Crippen molar-refractivity contribution >= 4 is 15.9 Å². The Morgan fingerprint density at radius 3 is 2.48 bits per heavy atom. The number of carbonyl (C=O) groups is 1. The van der Waals surface area contributed by atoms with Gasteiger partial charge in [0, 0.05) is 19.0 Å². The maximum Gasteiger partial charge on any atom is 0.223 e. The van der Waals surface area contributed by atoms with E-state index in [1.54, 1.807) is 0 Å². The molecule has 1 N–H and O–H groups in total. The van der Waals surface area contributed by atoms with Gasteiger partial charge in [-0.1, -0.05) is 0 Å². The lowest BCUT2D eigenvalue weighted by molar-refractivity contribution is -0.126. The minimum absolute atomic E-state index is 0.0825. The number of carbonyl (C=O) groups excluding carboxylic acids is 1. The van der Waals surface area contributed by atoms with Gasteiger partial charge in [-0.05, 0) is 37.1 Å². The van der Waals surface area contributed by atoms with Gasteiger partial charge in [-0.3, -0.25) is 4.79 Å². The van der Waals surface area contributed by atoms with E-state index in [2.05, 4.69) is 5.32 Å². The monoisotopic (exact) mass is 344 g/mol. The zero-order valence-corrected chi connectivity index (χ0v) is 13.8. The average molecular weight is 344 g/mol. The topological polar surface area (TPSA) is 75.7 Å². The number of nitrogens with zero attached hydrogens (tertiary/aromatic N) is 1. The van der Waals surface area contributed by atoms with Gasteiger partial charge in [-0.25, -0.2) is 17.1 Å². The number of ether oxygens (including phenoxy) is 1. The molecule has 0 atom stereocenters. The van der Waals surface area contributed by atoms with Crippen molar-refractivity contribution in [1.29, 1.82) is 0 Å². The van der Waals surface area contributed by atoms with Crippen molar-refractivity contribution in [2.75, 3.05) is 32.5 Å². The molecular weight excluding hydrogens is 323 g/mol. The van der Waals surface area contributed by atoms with Crippen molar-refractivity contribution in [2.45, 2.75) is 12.8 Å². The molecule has 1 aromatic carbocycles. The van der Waals surface area contributed by atoms with E-state index in [4.69, 9.17) is 4.74 Å². The number of rotatable bonds is 6. The van der Waals surface area contributed by atoms with E-state index in [0.29, 0.717) is 44.8 Å². The van der Waals surface area contributed by atoms with Crippen LogP contribution < -0.4 is 10.1 Å². The van der Waals surface area contributed by atoms with Crippen LogP contribution in [0, 0.1) is 11.7 Å². The second kappa shape index (κ2) is 7.74. The highest BCUT2D eigenvalue weighted by Gasteiger charge is 2.28. The Kier molecular flexibility index (Phi) is 5.95. The van der Waals surface area contributed by atoms with E-state index >= 15 is 0 Å². The highest BCUT2D eigenvalue weighted by molar-refractivity contribution is 7.88. The molecule has 1 aliphatic rings. The van der Waals surface area contributed by atoms with Crippen LogP contribution in [0.15, 0.2) is 24.3 Å². The predicted molar refractivity (Wildman–Crippen MR) is 84.0 cm³/mol. The van der Waals surface area contributed by atoms with Gasteiger partial charge >= 0.3 is 0 Å². The quantitative estimate of drug-likeness (QED) is 0.781. The molecule has 0 unspecified atom stereocenters. The first kappa shape index (κ1) is 17.7. The number of piperidine rings is 1. The third-order valence-electron chi connectivity index (χ3n) is 3.78. The summed E-state index contributed by atoms with van der Waals surface area (Å²) >= 11 is 0. The first-order chi connectivity index (χ1) is 10.9. The Bertz CT molecular complexity index is 625. The first-order valence-electron chi connectivity index (χ1n) is 7.47. The van der Waals surface area contributed by atoms with Crippen molar-refractivity contribution in [3.8, 4) is 5.75 Å². The lowest BCUT2D eigenvalue weighted by atomic mass is 9.97. The van der Waals surface area contributed by atoms with Crippen LogP contribution in [0.2, 0.25) is 0 Å². The van der Waals surface area contributed by atoms with Crippen molar-refractivity contribution in [3.63, 3.8) is 0 Å². The zero-order chi connectivity index (χ0) is 16.9. The highest BCUT2D eigenvalue weighted by Crippen LogP contribution is 2.19. The van der Waals surface area contributed by atoms with Crippen LogP contribution >= 0.6 is 0 Å². The molecule has 0 spiro atoms. The van der Waals surface area contributed by atoms with Crippen molar-refractivity contribution in [1.82, 2.24) is 9.62 Å². The molecule has 0 saturated carbocycles. The average Bonchev–Trinajstić information content (AvgIpc) is 2.52. The van der Waals surface area contributed by atoms with Gasteiger partial charge in [0.1, 0.15) is 18.2 Å². The lowest BCUT2D eigenvalue weighted by Gasteiger charge is -2.29. The smallest absolute Gasteiger partial charge is 0.223 e. The summed E-state index contributed by atoms with van der Waals surface area (Å²) in [6.07, 6.45) is 2.23. The number of hydrogen-bond acceptors (Lipinski definition) is 4. The predicted octanol–water partition coefficient (Wildman–Crippen LogP) is 0.992. The summed E-state index contributed by atoms with van der Waals surface area (Å²) in [5, 5.41) is 2.78. The Morgan fingerprint density at radius 1 is 1.30 bits per heavy atom. The summed E-state index contributed by atoms with van der Waals surface area (Å²) in [6, 6.07) is 5.67. The normalized spacial score (nSPS) is 17.0. The van der Waals surface area contributed by atoms with Gasteiger partial charge < -0.3 is 10.1 Å². The van der Waals surface area contributed by atoms with E-state index in [-0.39, 0.29) is 17.6 Å². The number of benzene rings is 1. The SMILES string of the molecule is CS(=O)(=O)N1CCC(C(=O)NCCOc2ccc(F)cc2)CC1. The summed E-state index contributed by atoms with van der Waals surface area (Å²) in [4.78, 5) is 12.0. The molecule has 2 rings (SSSR count). The minimum atomic E-state index is -3.17. The van der Waals surface area contributed by atoms with Gasteiger partial charge in [-0.15, -0.1) is 0 Å². The molecule has 1 saturated heterocycles. The number of sulfonamides is 1. The molecule has 8 heteroatoms.